The van der Waals surface area contributed by atoms with Gasteiger partial charge in [-0.05, 0) is 39.0 Å². The summed E-state index contributed by atoms with van der Waals surface area (Å²) in [6.45, 7) is 5.60. The maximum atomic E-state index is 11.2. The van der Waals surface area contributed by atoms with Crippen LogP contribution < -0.4 is 0 Å². The second-order valence-electron chi connectivity index (χ2n) is 4.94. The monoisotopic (exact) mass is 222 g/mol. The Morgan fingerprint density at radius 1 is 1.50 bits per heavy atom. The molecule has 0 amide bonds. The van der Waals surface area contributed by atoms with Gasteiger partial charge >= 0.3 is 0 Å². The predicted molar refractivity (Wildman–Crippen MR) is 59.2 cm³/mol. The van der Waals surface area contributed by atoms with Gasteiger partial charge in [0.25, 0.3) is 0 Å². The highest BCUT2D eigenvalue weighted by Crippen LogP contribution is 2.36. The Labute approximate surface area is 95.4 Å². The number of Topliss-reactive ketones (excluding diaryl/α,β-unsaturated/α-hetero) is 1. The molecule has 3 unspecified atom stereocenters. The first-order valence-electron chi connectivity index (χ1n) is 5.92. The van der Waals surface area contributed by atoms with E-state index in [0.29, 0.717) is 11.8 Å². The number of hydrogen-bond acceptors (Lipinski definition) is 4. The van der Waals surface area contributed by atoms with Crippen molar-refractivity contribution in [1.29, 1.82) is 0 Å². The normalized spacial score (nSPS) is 26.9. The van der Waals surface area contributed by atoms with E-state index in [4.69, 9.17) is 4.52 Å². The average molecular weight is 222 g/mol. The Kier molecular flexibility index (Phi) is 3.08. The summed E-state index contributed by atoms with van der Waals surface area (Å²) in [5.41, 5.74) is 0. The maximum absolute atomic E-state index is 11.2. The van der Waals surface area contributed by atoms with Gasteiger partial charge < -0.3 is 4.52 Å². The summed E-state index contributed by atoms with van der Waals surface area (Å²) in [6.07, 6.45) is 3.50. The largest absolute Gasteiger partial charge is 0.339 e. The standard InChI is InChI=1S/C12H18N2O2/c1-7-4-5-10(6-7)11-13-12(16-14-11)8(2)9(3)15/h7-8,10H,4-6H2,1-3H3. The van der Waals surface area contributed by atoms with E-state index in [0.717, 1.165) is 24.6 Å². The molecule has 2 rings (SSSR count). The van der Waals surface area contributed by atoms with Crippen LogP contribution in [0.5, 0.6) is 0 Å². The average Bonchev–Trinajstić information content (AvgIpc) is 2.84. The minimum Gasteiger partial charge on any atom is -0.339 e. The van der Waals surface area contributed by atoms with Gasteiger partial charge in [-0.1, -0.05) is 12.1 Å². The quantitative estimate of drug-likeness (QED) is 0.789. The van der Waals surface area contributed by atoms with Crippen molar-refractivity contribution < 1.29 is 9.32 Å². The van der Waals surface area contributed by atoms with E-state index in [9.17, 15) is 4.79 Å². The minimum atomic E-state index is -0.278. The third-order valence-electron chi connectivity index (χ3n) is 3.50. The number of ketones is 1. The molecule has 0 aliphatic heterocycles. The van der Waals surface area contributed by atoms with E-state index in [-0.39, 0.29) is 11.7 Å². The molecule has 4 heteroatoms. The Bertz CT molecular complexity index is 386. The van der Waals surface area contributed by atoms with Gasteiger partial charge in [-0.25, -0.2) is 0 Å². The second-order valence-corrected chi connectivity index (χ2v) is 4.94. The van der Waals surface area contributed by atoms with Crippen LogP contribution in [0.15, 0.2) is 4.52 Å². The van der Waals surface area contributed by atoms with E-state index < -0.39 is 0 Å². The number of carbonyl (C=O) groups excluding carboxylic acids is 1. The smallest absolute Gasteiger partial charge is 0.236 e. The molecular weight excluding hydrogens is 204 g/mol. The van der Waals surface area contributed by atoms with Crippen LogP contribution in [0.2, 0.25) is 0 Å². The number of nitrogens with zero attached hydrogens (tertiary/aromatic N) is 2. The Hall–Kier alpha value is -1.19. The van der Waals surface area contributed by atoms with Crippen molar-refractivity contribution in [3.05, 3.63) is 11.7 Å². The lowest BCUT2D eigenvalue weighted by Crippen LogP contribution is -2.05. The Morgan fingerprint density at radius 3 is 2.81 bits per heavy atom. The molecule has 16 heavy (non-hydrogen) atoms. The zero-order chi connectivity index (χ0) is 11.7. The summed E-state index contributed by atoms with van der Waals surface area (Å²) < 4.78 is 5.15. The predicted octanol–water partition coefficient (Wildman–Crippen LogP) is 2.67. The summed E-state index contributed by atoms with van der Waals surface area (Å²) in [6, 6.07) is 0. The van der Waals surface area contributed by atoms with E-state index in [1.54, 1.807) is 13.8 Å². The fourth-order valence-corrected chi connectivity index (χ4v) is 2.20. The van der Waals surface area contributed by atoms with Crippen molar-refractivity contribution in [3.8, 4) is 0 Å². The number of hydrogen-bond donors (Lipinski definition) is 0. The lowest BCUT2D eigenvalue weighted by atomic mass is 10.1. The minimum absolute atomic E-state index is 0.0648. The van der Waals surface area contributed by atoms with Crippen molar-refractivity contribution in [1.82, 2.24) is 10.1 Å². The van der Waals surface area contributed by atoms with Crippen molar-refractivity contribution in [3.63, 3.8) is 0 Å². The van der Waals surface area contributed by atoms with Gasteiger partial charge in [0.05, 0.1) is 5.92 Å². The van der Waals surface area contributed by atoms with Crippen molar-refractivity contribution in [2.45, 2.75) is 51.9 Å². The molecule has 3 atom stereocenters. The molecule has 1 aromatic rings. The van der Waals surface area contributed by atoms with Crippen LogP contribution >= 0.6 is 0 Å². The summed E-state index contributed by atoms with van der Waals surface area (Å²) in [7, 11) is 0. The van der Waals surface area contributed by atoms with Gasteiger partial charge in [-0.15, -0.1) is 0 Å². The summed E-state index contributed by atoms with van der Waals surface area (Å²) >= 11 is 0. The van der Waals surface area contributed by atoms with Crippen LogP contribution in [0.25, 0.3) is 0 Å². The van der Waals surface area contributed by atoms with Gasteiger partial charge in [0.1, 0.15) is 5.78 Å². The third-order valence-corrected chi connectivity index (χ3v) is 3.50. The van der Waals surface area contributed by atoms with Crippen molar-refractivity contribution in [2.75, 3.05) is 0 Å². The molecule has 1 aliphatic rings. The number of carbonyl (C=O) groups is 1. The zero-order valence-corrected chi connectivity index (χ0v) is 10.1. The molecule has 1 fully saturated rings. The molecular formula is C12H18N2O2. The highest BCUT2D eigenvalue weighted by atomic mass is 16.5. The van der Waals surface area contributed by atoms with Crippen LogP contribution in [0.4, 0.5) is 0 Å². The molecule has 0 saturated heterocycles. The zero-order valence-electron chi connectivity index (χ0n) is 10.1. The Balaban J connectivity index is 2.10. The first-order chi connectivity index (χ1) is 7.58. The lowest BCUT2D eigenvalue weighted by molar-refractivity contribution is -0.118. The Morgan fingerprint density at radius 2 is 2.25 bits per heavy atom. The molecule has 0 aromatic carbocycles. The van der Waals surface area contributed by atoms with E-state index >= 15 is 0 Å². The van der Waals surface area contributed by atoms with Crippen LogP contribution in [0.3, 0.4) is 0 Å². The van der Waals surface area contributed by atoms with Gasteiger partial charge in [0, 0.05) is 5.92 Å². The summed E-state index contributed by atoms with van der Waals surface area (Å²) in [5.74, 6) is 2.20. The molecule has 1 heterocycles. The third kappa shape index (κ3) is 2.15. The van der Waals surface area contributed by atoms with Crippen molar-refractivity contribution in [2.24, 2.45) is 5.92 Å². The SMILES string of the molecule is CC(=O)C(C)c1nc(C2CCC(C)C2)no1. The van der Waals surface area contributed by atoms with Crippen LogP contribution in [-0.4, -0.2) is 15.9 Å². The first kappa shape index (κ1) is 11.3. The molecule has 88 valence electrons. The topological polar surface area (TPSA) is 56.0 Å². The highest BCUT2D eigenvalue weighted by molar-refractivity contribution is 5.81. The van der Waals surface area contributed by atoms with Crippen LogP contribution in [0, 0.1) is 5.92 Å². The molecule has 0 N–H and O–H groups in total. The molecule has 0 radical (unpaired) electrons. The maximum Gasteiger partial charge on any atom is 0.236 e. The molecule has 0 spiro atoms. The second kappa shape index (κ2) is 4.36. The van der Waals surface area contributed by atoms with Crippen LogP contribution in [-0.2, 0) is 4.79 Å². The summed E-state index contributed by atoms with van der Waals surface area (Å²) in [5, 5.41) is 4.00. The van der Waals surface area contributed by atoms with E-state index in [1.807, 2.05) is 0 Å². The van der Waals surface area contributed by atoms with Crippen LogP contribution in [0.1, 0.15) is 63.6 Å². The fraction of sp³-hybridized carbons (Fsp3) is 0.750. The van der Waals surface area contributed by atoms with Gasteiger partial charge in [0.15, 0.2) is 5.82 Å². The highest BCUT2D eigenvalue weighted by Gasteiger charge is 2.28. The number of rotatable bonds is 3. The molecule has 0 bridgehead atoms. The van der Waals surface area contributed by atoms with Crippen molar-refractivity contribution >= 4 is 5.78 Å². The molecule has 1 saturated carbocycles. The summed E-state index contributed by atoms with van der Waals surface area (Å²) in [4.78, 5) is 15.5. The van der Waals surface area contributed by atoms with E-state index in [1.165, 1.54) is 6.42 Å². The molecule has 1 aromatic heterocycles. The fourth-order valence-electron chi connectivity index (χ4n) is 2.20. The number of aromatic nitrogens is 2. The first-order valence-corrected chi connectivity index (χ1v) is 5.92. The van der Waals surface area contributed by atoms with Gasteiger partial charge in [-0.3, -0.25) is 4.79 Å². The van der Waals surface area contributed by atoms with Gasteiger partial charge in [0.2, 0.25) is 5.89 Å². The van der Waals surface area contributed by atoms with Gasteiger partial charge in [-0.2, -0.15) is 4.98 Å². The lowest BCUT2D eigenvalue weighted by Gasteiger charge is -2.02. The van der Waals surface area contributed by atoms with E-state index in [2.05, 4.69) is 17.1 Å². The molecule has 1 aliphatic carbocycles. The molecule has 4 nitrogen and oxygen atoms in total.